The molecule has 0 aromatic heterocycles. The minimum atomic E-state index is -0.0393. The fourth-order valence-corrected chi connectivity index (χ4v) is 3.71. The number of aryl methyl sites for hydroxylation is 1. The topological polar surface area (TPSA) is 53.5 Å². The van der Waals surface area contributed by atoms with Crippen LogP contribution in [0.25, 0.3) is 0 Å². The number of benzene rings is 1. The van der Waals surface area contributed by atoms with Crippen molar-refractivity contribution in [1.82, 2.24) is 10.6 Å². The Bertz CT molecular complexity index is 544. The van der Waals surface area contributed by atoms with Crippen LogP contribution in [0.15, 0.2) is 36.5 Å². The average Bonchev–Trinajstić information content (AvgIpc) is 2.80. The summed E-state index contributed by atoms with van der Waals surface area (Å²) in [7, 11) is 5.74. The number of hydrogen-bond acceptors (Lipinski definition) is 4. The van der Waals surface area contributed by atoms with E-state index in [0.29, 0.717) is 0 Å². The van der Waals surface area contributed by atoms with Crippen LogP contribution in [0.3, 0.4) is 0 Å². The van der Waals surface area contributed by atoms with E-state index < -0.39 is 0 Å². The average molecular weight is 403 g/mol. The molecule has 0 saturated heterocycles. The summed E-state index contributed by atoms with van der Waals surface area (Å²) in [5.41, 5.74) is 2.73. The number of aliphatic hydroxyl groups excluding tert-OH is 1. The Labute approximate surface area is 179 Å². The molecule has 1 aliphatic rings. The Morgan fingerprint density at radius 1 is 1.17 bits per heavy atom. The van der Waals surface area contributed by atoms with Crippen LogP contribution in [-0.2, 0) is 16.8 Å². The van der Waals surface area contributed by atoms with Gasteiger partial charge in [0.15, 0.2) is 0 Å². The van der Waals surface area contributed by atoms with Crippen LogP contribution in [0, 0.1) is 18.8 Å². The fourth-order valence-electron chi connectivity index (χ4n) is 3.71. The lowest BCUT2D eigenvalue weighted by molar-refractivity contribution is -0.0551. The normalized spacial score (nSPS) is 20.9. The van der Waals surface area contributed by atoms with Gasteiger partial charge < -0.3 is 20.5 Å². The molecular weight excluding hydrogens is 360 g/mol. The van der Waals surface area contributed by atoms with Crippen LogP contribution in [-0.4, -0.2) is 39.5 Å². The molecule has 3 N–H and O–H groups in total. The van der Waals surface area contributed by atoms with Gasteiger partial charge in [0.2, 0.25) is 0 Å². The maximum absolute atomic E-state index is 8.21. The Hall–Kier alpha value is -1.80. The second-order valence-corrected chi connectivity index (χ2v) is 7.29. The van der Waals surface area contributed by atoms with Crippen molar-refractivity contribution in [2.75, 3.05) is 34.4 Å². The Morgan fingerprint density at radius 3 is 2.24 bits per heavy atom. The molecule has 0 atom stereocenters. The summed E-state index contributed by atoms with van der Waals surface area (Å²) in [5.74, 6) is 0.862. The maximum Gasteiger partial charge on any atom is 0.0927 e. The van der Waals surface area contributed by atoms with Crippen molar-refractivity contribution in [3.63, 3.8) is 0 Å². The lowest BCUT2D eigenvalue weighted by Crippen LogP contribution is -2.34. The molecular formula is C25H42N2O2. The largest absolute Gasteiger partial charge is 0.396 e. The van der Waals surface area contributed by atoms with Gasteiger partial charge in [-0.3, -0.25) is 0 Å². The van der Waals surface area contributed by atoms with Crippen molar-refractivity contribution >= 4 is 0 Å². The van der Waals surface area contributed by atoms with Gasteiger partial charge in [-0.1, -0.05) is 37.3 Å². The van der Waals surface area contributed by atoms with E-state index in [2.05, 4.69) is 54.7 Å². The molecule has 0 bridgehead atoms. The highest BCUT2D eigenvalue weighted by atomic mass is 16.5. The van der Waals surface area contributed by atoms with E-state index >= 15 is 0 Å². The zero-order valence-corrected chi connectivity index (χ0v) is 18.9. The number of ether oxygens (including phenoxy) is 1. The second kappa shape index (κ2) is 17.1. The molecule has 0 spiro atoms. The quantitative estimate of drug-likeness (QED) is 0.541. The van der Waals surface area contributed by atoms with Gasteiger partial charge in [-0.25, -0.2) is 0 Å². The number of hydrogen-bond donors (Lipinski definition) is 3. The van der Waals surface area contributed by atoms with Gasteiger partial charge in [0, 0.05) is 20.8 Å². The summed E-state index contributed by atoms with van der Waals surface area (Å²) in [6, 6.07) is 9.05. The van der Waals surface area contributed by atoms with Crippen molar-refractivity contribution in [3.8, 4) is 12.8 Å². The predicted octanol–water partition coefficient (Wildman–Crippen LogP) is 4.24. The predicted molar refractivity (Wildman–Crippen MR) is 125 cm³/mol. The molecule has 164 valence electrons. The number of methoxy groups -OCH3 is 1. The monoisotopic (exact) mass is 402 g/mol. The molecule has 0 heterocycles. The second-order valence-electron chi connectivity index (χ2n) is 7.29. The van der Waals surface area contributed by atoms with Crippen molar-refractivity contribution in [2.45, 2.75) is 57.5 Å². The van der Waals surface area contributed by atoms with E-state index in [-0.39, 0.29) is 12.2 Å². The third-order valence-electron chi connectivity index (χ3n) is 5.57. The first-order valence-corrected chi connectivity index (χ1v) is 10.7. The smallest absolute Gasteiger partial charge is 0.0927 e. The molecule has 0 aliphatic heterocycles. The van der Waals surface area contributed by atoms with Crippen LogP contribution < -0.4 is 10.6 Å². The molecule has 1 aromatic rings. The van der Waals surface area contributed by atoms with Crippen LogP contribution >= 0.6 is 0 Å². The van der Waals surface area contributed by atoms with Gasteiger partial charge in [0.05, 0.1) is 5.60 Å². The highest BCUT2D eigenvalue weighted by molar-refractivity contribution is 5.28. The van der Waals surface area contributed by atoms with Gasteiger partial charge in [-0.2, -0.15) is 0 Å². The van der Waals surface area contributed by atoms with Crippen molar-refractivity contribution in [2.24, 2.45) is 5.92 Å². The zero-order chi connectivity index (χ0) is 22.0. The van der Waals surface area contributed by atoms with E-state index in [1.165, 1.54) is 30.4 Å². The van der Waals surface area contributed by atoms with Gasteiger partial charge in [0.25, 0.3) is 0 Å². The van der Waals surface area contributed by atoms with Gasteiger partial charge in [0.1, 0.15) is 0 Å². The Morgan fingerprint density at radius 2 is 1.79 bits per heavy atom. The zero-order valence-electron chi connectivity index (χ0n) is 18.9. The molecule has 0 unspecified atom stereocenters. The summed E-state index contributed by atoms with van der Waals surface area (Å²) in [4.78, 5) is 0. The first kappa shape index (κ1) is 27.2. The highest BCUT2D eigenvalue weighted by Crippen LogP contribution is 2.43. The minimum absolute atomic E-state index is 0.0393. The molecule has 1 fully saturated rings. The lowest BCUT2D eigenvalue weighted by Gasteiger charge is -2.39. The Kier molecular flexibility index (Phi) is 16.0. The van der Waals surface area contributed by atoms with E-state index in [0.717, 1.165) is 38.1 Å². The van der Waals surface area contributed by atoms with Gasteiger partial charge >= 0.3 is 0 Å². The lowest BCUT2D eigenvalue weighted by atomic mass is 9.74. The van der Waals surface area contributed by atoms with E-state index in [1.54, 1.807) is 6.20 Å². The van der Waals surface area contributed by atoms with Crippen molar-refractivity contribution in [3.05, 3.63) is 47.7 Å². The molecule has 1 aliphatic carbocycles. The summed E-state index contributed by atoms with van der Waals surface area (Å²) < 4.78 is 5.98. The van der Waals surface area contributed by atoms with E-state index in [1.807, 2.05) is 27.3 Å². The Balaban J connectivity index is 0.000000740. The van der Waals surface area contributed by atoms with Crippen molar-refractivity contribution < 1.29 is 9.84 Å². The molecule has 0 amide bonds. The van der Waals surface area contributed by atoms with Crippen molar-refractivity contribution in [1.29, 1.82) is 0 Å². The molecule has 4 heteroatoms. The maximum atomic E-state index is 8.21. The molecule has 2 rings (SSSR count). The standard InChI is InChI=1S/C18H29NO.C5H11NO.C2H2/c1-4-15-5-7-17(8-6-15)18(20-3)12-9-16(10-13-18)11-14-19-2;1-6-4-2-3-5-7;1-2/h5-8,16,19H,4,9-14H2,1-3H3;2,4,6-7H,3,5H2,1H3;1-2H/b;4-2-;. The van der Waals surface area contributed by atoms with Crippen LogP contribution in [0.1, 0.15) is 56.6 Å². The van der Waals surface area contributed by atoms with Crippen LogP contribution in [0.4, 0.5) is 0 Å². The highest BCUT2D eigenvalue weighted by Gasteiger charge is 2.36. The van der Waals surface area contributed by atoms with Crippen LogP contribution in [0.5, 0.6) is 0 Å². The first-order chi connectivity index (χ1) is 14.2. The number of rotatable bonds is 9. The minimum Gasteiger partial charge on any atom is -0.396 e. The molecule has 4 nitrogen and oxygen atoms in total. The fraction of sp³-hybridized carbons (Fsp3) is 0.600. The summed E-state index contributed by atoms with van der Waals surface area (Å²) in [6.45, 7) is 3.57. The summed E-state index contributed by atoms with van der Waals surface area (Å²) >= 11 is 0. The first-order valence-electron chi connectivity index (χ1n) is 10.7. The van der Waals surface area contributed by atoms with E-state index in [4.69, 9.17) is 9.84 Å². The molecule has 29 heavy (non-hydrogen) atoms. The number of aliphatic hydroxyl groups is 1. The summed E-state index contributed by atoms with van der Waals surface area (Å²) in [5, 5.41) is 14.3. The number of terminal acetylenes is 1. The third-order valence-corrected chi connectivity index (χ3v) is 5.57. The van der Waals surface area contributed by atoms with Gasteiger partial charge in [-0.05, 0) is 81.8 Å². The molecule has 0 radical (unpaired) electrons. The third kappa shape index (κ3) is 9.99. The molecule has 1 saturated carbocycles. The van der Waals surface area contributed by atoms with Gasteiger partial charge in [-0.15, -0.1) is 12.8 Å². The summed E-state index contributed by atoms with van der Waals surface area (Å²) in [6.07, 6.45) is 19.7. The van der Waals surface area contributed by atoms with E-state index in [9.17, 15) is 0 Å². The SMILES string of the molecule is C#C.CCc1ccc(C2(OC)CCC(CCNC)CC2)cc1.CN/C=C\CCO. The number of nitrogens with one attached hydrogen (secondary N) is 2. The van der Waals surface area contributed by atoms with Crippen LogP contribution in [0.2, 0.25) is 0 Å². The molecule has 1 aromatic carbocycles.